The molecule has 4 rings (SSSR count). The molecule has 2 aliphatic rings. The van der Waals surface area contributed by atoms with E-state index < -0.39 is 0 Å². The van der Waals surface area contributed by atoms with E-state index in [2.05, 4.69) is 11.9 Å². The highest BCUT2D eigenvalue weighted by Gasteiger charge is 2.28. The van der Waals surface area contributed by atoms with E-state index in [1.807, 2.05) is 4.57 Å². The highest BCUT2D eigenvalue weighted by molar-refractivity contribution is 7.71. The first kappa shape index (κ1) is 13.7. The van der Waals surface area contributed by atoms with Gasteiger partial charge in [-0.1, -0.05) is 6.42 Å². The van der Waals surface area contributed by atoms with Gasteiger partial charge >= 0.3 is 0 Å². The third-order valence-electron chi connectivity index (χ3n) is 5.28. The average molecular weight is 320 g/mol. The van der Waals surface area contributed by atoms with Crippen molar-refractivity contribution in [2.45, 2.75) is 57.9 Å². The van der Waals surface area contributed by atoms with Gasteiger partial charge in [0.25, 0.3) is 5.56 Å². The van der Waals surface area contributed by atoms with E-state index >= 15 is 0 Å². The monoisotopic (exact) mass is 320 g/mol. The second-order valence-corrected chi connectivity index (χ2v) is 7.94. The molecule has 1 atom stereocenters. The van der Waals surface area contributed by atoms with Gasteiger partial charge < -0.3 is 4.98 Å². The minimum absolute atomic E-state index is 0.146. The molecule has 2 heterocycles. The first-order chi connectivity index (χ1) is 10.2. The van der Waals surface area contributed by atoms with E-state index in [0.717, 1.165) is 23.1 Å². The van der Waals surface area contributed by atoms with Crippen molar-refractivity contribution in [3.8, 4) is 0 Å². The maximum absolute atomic E-state index is 13.1. The molecule has 1 saturated carbocycles. The van der Waals surface area contributed by atoms with Crippen LogP contribution >= 0.6 is 23.6 Å². The van der Waals surface area contributed by atoms with Crippen LogP contribution in [0.4, 0.5) is 0 Å². The van der Waals surface area contributed by atoms with Crippen LogP contribution in [0, 0.1) is 10.7 Å². The number of nitrogens with zero attached hydrogens (tertiary/aromatic N) is 1. The molecule has 0 amide bonds. The van der Waals surface area contributed by atoms with Crippen molar-refractivity contribution in [1.29, 1.82) is 0 Å². The molecule has 5 heteroatoms. The Morgan fingerprint density at radius 3 is 2.76 bits per heavy atom. The van der Waals surface area contributed by atoms with E-state index in [-0.39, 0.29) is 11.6 Å². The summed E-state index contributed by atoms with van der Waals surface area (Å²) in [6, 6.07) is 0.221. The van der Waals surface area contributed by atoms with Crippen molar-refractivity contribution in [3.05, 3.63) is 25.6 Å². The van der Waals surface area contributed by atoms with E-state index in [9.17, 15) is 4.79 Å². The van der Waals surface area contributed by atoms with Crippen LogP contribution in [-0.4, -0.2) is 9.55 Å². The van der Waals surface area contributed by atoms with Gasteiger partial charge in [0.1, 0.15) is 4.83 Å². The number of aromatic nitrogens is 2. The molecule has 21 heavy (non-hydrogen) atoms. The van der Waals surface area contributed by atoms with Gasteiger partial charge in [0, 0.05) is 10.9 Å². The van der Waals surface area contributed by atoms with Crippen LogP contribution in [0.3, 0.4) is 0 Å². The minimum atomic E-state index is 0.146. The van der Waals surface area contributed by atoms with Crippen molar-refractivity contribution < 1.29 is 0 Å². The fraction of sp³-hybridized carbons (Fsp3) is 0.625. The number of hydrogen-bond acceptors (Lipinski definition) is 3. The lowest BCUT2D eigenvalue weighted by atomic mass is 9.80. The largest absolute Gasteiger partial charge is 0.323 e. The number of aromatic amines is 1. The van der Waals surface area contributed by atoms with Crippen molar-refractivity contribution in [2.75, 3.05) is 0 Å². The van der Waals surface area contributed by atoms with Crippen LogP contribution in [0.15, 0.2) is 4.79 Å². The molecule has 2 aromatic rings. The highest BCUT2D eigenvalue weighted by Crippen LogP contribution is 2.37. The van der Waals surface area contributed by atoms with Gasteiger partial charge in [0.05, 0.1) is 5.39 Å². The summed E-state index contributed by atoms with van der Waals surface area (Å²) in [6.45, 7) is 2.15. The molecule has 1 unspecified atom stereocenters. The Hall–Kier alpha value is -0.940. The predicted octanol–water partition coefficient (Wildman–Crippen LogP) is 4.36. The summed E-state index contributed by atoms with van der Waals surface area (Å²) in [4.78, 5) is 18.8. The summed E-state index contributed by atoms with van der Waals surface area (Å²) in [6.07, 6.45) is 8.35. The van der Waals surface area contributed by atoms with E-state index in [4.69, 9.17) is 12.2 Å². The lowest BCUT2D eigenvalue weighted by Crippen LogP contribution is -2.32. The van der Waals surface area contributed by atoms with Crippen LogP contribution in [0.2, 0.25) is 0 Å². The summed E-state index contributed by atoms with van der Waals surface area (Å²) in [5, 5.41) is 0.925. The molecule has 0 bridgehead atoms. The molecule has 2 aliphatic carbocycles. The van der Waals surface area contributed by atoms with Crippen LogP contribution < -0.4 is 5.56 Å². The minimum Gasteiger partial charge on any atom is -0.323 e. The number of rotatable bonds is 2. The number of aryl methyl sites for hydroxylation is 2. The average Bonchev–Trinajstić information content (AvgIpc) is 2.74. The van der Waals surface area contributed by atoms with Gasteiger partial charge in [-0.15, -0.1) is 11.3 Å². The SMILES string of the molecule is CC(C1CCC1)n1c(=S)[nH]c2sc3c(c2c1=O)CCCC3. The highest BCUT2D eigenvalue weighted by atomic mass is 32.1. The summed E-state index contributed by atoms with van der Waals surface area (Å²) >= 11 is 7.23. The number of hydrogen-bond donors (Lipinski definition) is 1. The molecule has 0 spiro atoms. The second kappa shape index (κ2) is 5.06. The third-order valence-corrected chi connectivity index (χ3v) is 6.79. The number of fused-ring (bicyclic) bond motifs is 3. The van der Waals surface area contributed by atoms with Crippen molar-refractivity contribution >= 4 is 33.8 Å². The molecule has 3 nitrogen and oxygen atoms in total. The smallest absolute Gasteiger partial charge is 0.263 e. The van der Waals surface area contributed by atoms with Crippen LogP contribution in [0.5, 0.6) is 0 Å². The number of nitrogens with one attached hydrogen (secondary N) is 1. The standard InChI is InChI=1S/C16H20N2OS2/c1-9(10-5-4-6-10)18-15(19)13-11-7-2-3-8-12(11)21-14(13)17-16(18)20/h9-10H,2-8H2,1H3,(H,17,20). The zero-order valence-corrected chi connectivity index (χ0v) is 13.9. The van der Waals surface area contributed by atoms with E-state index in [1.54, 1.807) is 11.3 Å². The van der Waals surface area contributed by atoms with Gasteiger partial charge in [-0.3, -0.25) is 9.36 Å². The van der Waals surface area contributed by atoms with E-state index in [1.165, 1.54) is 42.5 Å². The topological polar surface area (TPSA) is 37.8 Å². The fourth-order valence-corrected chi connectivity index (χ4v) is 5.45. The Bertz CT molecular complexity index is 810. The molecule has 1 fully saturated rings. The van der Waals surface area contributed by atoms with Gasteiger partial charge in [-0.05, 0) is 69.1 Å². The normalized spacial score (nSPS) is 20.2. The molecular weight excluding hydrogens is 300 g/mol. The number of thiophene rings is 1. The Morgan fingerprint density at radius 1 is 1.29 bits per heavy atom. The molecule has 112 valence electrons. The molecule has 0 saturated heterocycles. The molecular formula is C16H20N2OS2. The Balaban J connectivity index is 1.95. The summed E-state index contributed by atoms with van der Waals surface area (Å²) < 4.78 is 2.45. The molecule has 2 aromatic heterocycles. The van der Waals surface area contributed by atoms with Crippen molar-refractivity contribution in [2.24, 2.45) is 5.92 Å². The first-order valence-electron chi connectivity index (χ1n) is 7.96. The lowest BCUT2D eigenvalue weighted by molar-refractivity contribution is 0.217. The van der Waals surface area contributed by atoms with Crippen LogP contribution in [-0.2, 0) is 12.8 Å². The Labute approximate surface area is 133 Å². The first-order valence-corrected chi connectivity index (χ1v) is 9.18. The molecule has 0 aliphatic heterocycles. The summed E-state index contributed by atoms with van der Waals surface area (Å²) in [7, 11) is 0. The molecule has 1 N–H and O–H groups in total. The third kappa shape index (κ3) is 2.05. The zero-order chi connectivity index (χ0) is 14.6. The second-order valence-electron chi connectivity index (χ2n) is 6.45. The molecule has 0 aromatic carbocycles. The van der Waals surface area contributed by atoms with Gasteiger partial charge in [0.15, 0.2) is 4.77 Å². The quantitative estimate of drug-likeness (QED) is 0.835. The van der Waals surface area contributed by atoms with Gasteiger partial charge in [-0.25, -0.2) is 0 Å². The van der Waals surface area contributed by atoms with E-state index in [0.29, 0.717) is 10.7 Å². The maximum Gasteiger partial charge on any atom is 0.263 e. The zero-order valence-electron chi connectivity index (χ0n) is 12.3. The lowest BCUT2D eigenvalue weighted by Gasteiger charge is -2.32. The van der Waals surface area contributed by atoms with Crippen molar-refractivity contribution in [3.63, 3.8) is 0 Å². The predicted molar refractivity (Wildman–Crippen MR) is 90.0 cm³/mol. The van der Waals surface area contributed by atoms with Gasteiger partial charge in [-0.2, -0.15) is 0 Å². The van der Waals surface area contributed by atoms with Crippen molar-refractivity contribution in [1.82, 2.24) is 9.55 Å². The summed E-state index contributed by atoms with van der Waals surface area (Å²) in [5.41, 5.74) is 1.44. The van der Waals surface area contributed by atoms with Crippen LogP contribution in [0.25, 0.3) is 10.2 Å². The molecule has 0 radical (unpaired) electrons. The van der Waals surface area contributed by atoms with Gasteiger partial charge in [0.2, 0.25) is 0 Å². The fourth-order valence-electron chi connectivity index (χ4n) is 3.75. The Kier molecular flexibility index (Phi) is 3.30. The Morgan fingerprint density at radius 2 is 2.05 bits per heavy atom. The maximum atomic E-state index is 13.1. The number of H-pyrrole nitrogens is 1. The van der Waals surface area contributed by atoms with Crippen LogP contribution in [0.1, 0.15) is 55.5 Å². The summed E-state index contributed by atoms with van der Waals surface area (Å²) in [5.74, 6) is 0.615.